The van der Waals surface area contributed by atoms with E-state index in [1.54, 1.807) is 6.08 Å². The molecule has 1 amide bonds. The molecule has 0 radical (unpaired) electrons. The maximum absolute atomic E-state index is 11.3. The van der Waals surface area contributed by atoms with Crippen molar-refractivity contribution in [3.8, 4) is 0 Å². The first-order valence-corrected chi connectivity index (χ1v) is 4.94. The molecule has 2 atom stereocenters. The quantitative estimate of drug-likeness (QED) is 0.617. The molecule has 0 spiro atoms. The molecule has 0 unspecified atom stereocenters. The van der Waals surface area contributed by atoms with Gasteiger partial charge in [0.1, 0.15) is 0 Å². The zero-order chi connectivity index (χ0) is 9.26. The summed E-state index contributed by atoms with van der Waals surface area (Å²) < 4.78 is 0. The van der Waals surface area contributed by atoms with Crippen LogP contribution in [0.2, 0.25) is 0 Å². The topological polar surface area (TPSA) is 49.3 Å². The van der Waals surface area contributed by atoms with Crippen molar-refractivity contribution in [2.24, 2.45) is 0 Å². The van der Waals surface area contributed by atoms with Gasteiger partial charge in [-0.2, -0.15) is 0 Å². The SMILES string of the molecule is O=C(C=C1CCC1)N[C@@H]1CC[C@H]1O. The summed E-state index contributed by atoms with van der Waals surface area (Å²) in [7, 11) is 0. The largest absolute Gasteiger partial charge is 0.391 e. The van der Waals surface area contributed by atoms with Gasteiger partial charge in [0.05, 0.1) is 12.1 Å². The van der Waals surface area contributed by atoms with Gasteiger partial charge < -0.3 is 10.4 Å². The van der Waals surface area contributed by atoms with Crippen molar-refractivity contribution >= 4 is 5.91 Å². The van der Waals surface area contributed by atoms with Gasteiger partial charge in [-0.25, -0.2) is 0 Å². The second-order valence-corrected chi connectivity index (χ2v) is 3.92. The molecule has 3 nitrogen and oxygen atoms in total. The average molecular weight is 181 g/mol. The molecule has 2 rings (SSSR count). The highest BCUT2D eigenvalue weighted by molar-refractivity contribution is 5.88. The fraction of sp³-hybridized carbons (Fsp3) is 0.700. The highest BCUT2D eigenvalue weighted by Crippen LogP contribution is 2.25. The molecule has 0 heterocycles. The first kappa shape index (κ1) is 8.75. The summed E-state index contributed by atoms with van der Waals surface area (Å²) in [6, 6.07) is 0.00410. The zero-order valence-electron chi connectivity index (χ0n) is 7.62. The fourth-order valence-electron chi connectivity index (χ4n) is 1.59. The standard InChI is InChI=1S/C10H15NO2/c12-9-5-4-8(9)11-10(13)6-7-2-1-3-7/h6,8-9,12H,1-5H2,(H,11,13)/t8-,9-/m1/s1. The van der Waals surface area contributed by atoms with Crippen molar-refractivity contribution in [2.75, 3.05) is 0 Å². The first-order chi connectivity index (χ1) is 6.25. The predicted octanol–water partition coefficient (Wildman–Crippen LogP) is 0.736. The molecule has 2 fully saturated rings. The van der Waals surface area contributed by atoms with E-state index in [1.165, 1.54) is 12.0 Å². The zero-order valence-corrected chi connectivity index (χ0v) is 7.62. The Balaban J connectivity index is 1.77. The lowest BCUT2D eigenvalue weighted by Crippen LogP contribution is -2.49. The summed E-state index contributed by atoms with van der Waals surface area (Å²) in [4.78, 5) is 11.3. The third-order valence-corrected chi connectivity index (χ3v) is 2.90. The monoisotopic (exact) mass is 181 g/mol. The number of amides is 1. The van der Waals surface area contributed by atoms with E-state index in [9.17, 15) is 9.90 Å². The van der Waals surface area contributed by atoms with E-state index in [4.69, 9.17) is 0 Å². The summed E-state index contributed by atoms with van der Waals surface area (Å²) in [5.74, 6) is -0.0292. The number of carbonyl (C=O) groups excluding carboxylic acids is 1. The second kappa shape index (κ2) is 3.50. The van der Waals surface area contributed by atoms with Gasteiger partial charge >= 0.3 is 0 Å². The van der Waals surface area contributed by atoms with Crippen LogP contribution in [0.3, 0.4) is 0 Å². The van der Waals surface area contributed by atoms with Gasteiger partial charge in [0, 0.05) is 6.08 Å². The van der Waals surface area contributed by atoms with Gasteiger partial charge in [-0.1, -0.05) is 5.57 Å². The number of rotatable bonds is 2. The van der Waals surface area contributed by atoms with Crippen LogP contribution < -0.4 is 5.32 Å². The Morgan fingerprint density at radius 1 is 1.46 bits per heavy atom. The highest BCUT2D eigenvalue weighted by atomic mass is 16.3. The number of aliphatic hydroxyl groups excluding tert-OH is 1. The maximum Gasteiger partial charge on any atom is 0.244 e. The molecule has 0 aromatic carbocycles. The molecule has 2 aliphatic carbocycles. The Morgan fingerprint density at radius 3 is 2.62 bits per heavy atom. The lowest BCUT2D eigenvalue weighted by atomic mass is 9.88. The summed E-state index contributed by atoms with van der Waals surface area (Å²) in [5.41, 5.74) is 1.24. The van der Waals surface area contributed by atoms with E-state index in [-0.39, 0.29) is 18.1 Å². The van der Waals surface area contributed by atoms with Crippen molar-refractivity contribution in [3.63, 3.8) is 0 Å². The molecule has 2 aliphatic rings. The lowest BCUT2D eigenvalue weighted by molar-refractivity contribution is -0.119. The van der Waals surface area contributed by atoms with Gasteiger partial charge in [-0.05, 0) is 32.1 Å². The van der Waals surface area contributed by atoms with Gasteiger partial charge in [-0.3, -0.25) is 4.79 Å². The van der Waals surface area contributed by atoms with E-state index in [1.807, 2.05) is 0 Å². The van der Waals surface area contributed by atoms with Crippen LogP contribution in [0.4, 0.5) is 0 Å². The molecular formula is C10H15NO2. The first-order valence-electron chi connectivity index (χ1n) is 4.94. The Morgan fingerprint density at radius 2 is 2.23 bits per heavy atom. The van der Waals surface area contributed by atoms with Crippen LogP contribution in [0.25, 0.3) is 0 Å². The summed E-state index contributed by atoms with van der Waals surface area (Å²) in [6.45, 7) is 0. The molecule has 0 saturated heterocycles. The van der Waals surface area contributed by atoms with E-state index in [0.717, 1.165) is 25.7 Å². The van der Waals surface area contributed by atoms with Gasteiger partial charge in [0.15, 0.2) is 0 Å². The van der Waals surface area contributed by atoms with Gasteiger partial charge in [-0.15, -0.1) is 0 Å². The van der Waals surface area contributed by atoms with Crippen molar-refractivity contribution in [1.29, 1.82) is 0 Å². The minimum absolute atomic E-state index is 0.00410. The van der Waals surface area contributed by atoms with Gasteiger partial charge in [0.25, 0.3) is 0 Å². The molecule has 3 heteroatoms. The molecule has 0 bridgehead atoms. The number of nitrogens with one attached hydrogen (secondary N) is 1. The predicted molar refractivity (Wildman–Crippen MR) is 49.1 cm³/mol. The molecule has 0 aromatic rings. The van der Waals surface area contributed by atoms with Crippen LogP contribution in [-0.2, 0) is 4.79 Å². The summed E-state index contributed by atoms with van der Waals surface area (Å²) >= 11 is 0. The van der Waals surface area contributed by atoms with Crippen molar-refractivity contribution in [1.82, 2.24) is 5.32 Å². The molecule has 0 aliphatic heterocycles. The van der Waals surface area contributed by atoms with E-state index in [0.29, 0.717) is 0 Å². The maximum atomic E-state index is 11.3. The van der Waals surface area contributed by atoms with E-state index >= 15 is 0 Å². The molecule has 72 valence electrons. The second-order valence-electron chi connectivity index (χ2n) is 3.92. The van der Waals surface area contributed by atoms with Crippen molar-refractivity contribution in [3.05, 3.63) is 11.6 Å². The summed E-state index contributed by atoms with van der Waals surface area (Å²) in [6.07, 6.45) is 6.46. The Bertz CT molecular complexity index is 241. The van der Waals surface area contributed by atoms with Gasteiger partial charge in [0.2, 0.25) is 5.91 Å². The minimum atomic E-state index is -0.316. The minimum Gasteiger partial charge on any atom is -0.391 e. The number of hydrogen-bond acceptors (Lipinski definition) is 2. The lowest BCUT2D eigenvalue weighted by Gasteiger charge is -2.32. The number of allylic oxidation sites excluding steroid dienone is 1. The molecule has 13 heavy (non-hydrogen) atoms. The Labute approximate surface area is 77.8 Å². The normalized spacial score (nSPS) is 31.6. The van der Waals surface area contributed by atoms with Crippen LogP contribution in [0.1, 0.15) is 32.1 Å². The van der Waals surface area contributed by atoms with E-state index in [2.05, 4.69) is 5.32 Å². The fourth-order valence-corrected chi connectivity index (χ4v) is 1.59. The molecule has 2 saturated carbocycles. The number of hydrogen-bond donors (Lipinski definition) is 2. The Kier molecular flexibility index (Phi) is 2.36. The number of carbonyl (C=O) groups is 1. The smallest absolute Gasteiger partial charge is 0.244 e. The third-order valence-electron chi connectivity index (χ3n) is 2.90. The van der Waals surface area contributed by atoms with Crippen LogP contribution in [0, 0.1) is 0 Å². The number of aliphatic hydroxyl groups is 1. The third kappa shape index (κ3) is 1.91. The van der Waals surface area contributed by atoms with Crippen LogP contribution in [0.15, 0.2) is 11.6 Å². The average Bonchev–Trinajstić information content (AvgIpc) is 2.05. The van der Waals surface area contributed by atoms with Crippen LogP contribution in [-0.4, -0.2) is 23.2 Å². The highest BCUT2D eigenvalue weighted by Gasteiger charge is 2.29. The molecule has 2 N–H and O–H groups in total. The van der Waals surface area contributed by atoms with E-state index < -0.39 is 0 Å². The van der Waals surface area contributed by atoms with Crippen LogP contribution >= 0.6 is 0 Å². The van der Waals surface area contributed by atoms with Crippen molar-refractivity contribution in [2.45, 2.75) is 44.2 Å². The van der Waals surface area contributed by atoms with Crippen LogP contribution in [0.5, 0.6) is 0 Å². The summed E-state index contributed by atoms with van der Waals surface area (Å²) in [5, 5.41) is 12.0. The van der Waals surface area contributed by atoms with Crippen molar-refractivity contribution < 1.29 is 9.90 Å². The molecular weight excluding hydrogens is 166 g/mol. The Hall–Kier alpha value is -0.830. The molecule has 0 aromatic heterocycles.